The van der Waals surface area contributed by atoms with Crippen molar-refractivity contribution in [3.8, 4) is 0 Å². The summed E-state index contributed by atoms with van der Waals surface area (Å²) >= 11 is 0. The van der Waals surface area contributed by atoms with E-state index < -0.39 is 19.4 Å². The van der Waals surface area contributed by atoms with Gasteiger partial charge in [-0.3, -0.25) is 5.32 Å². The molecule has 1 saturated heterocycles. The zero-order valence-electron chi connectivity index (χ0n) is 13.3. The van der Waals surface area contributed by atoms with Gasteiger partial charge in [-0.25, -0.2) is 0 Å². The Hall–Kier alpha value is -0.0231. The number of rotatable bonds is 8. The number of ether oxygens (including phenoxy) is 1. The summed E-state index contributed by atoms with van der Waals surface area (Å²) in [7, 11) is 2.58. The van der Waals surface area contributed by atoms with E-state index in [0.29, 0.717) is 13.1 Å². The number of nitrogens with one attached hydrogen (secondary N) is 1. The van der Waals surface area contributed by atoms with E-state index in [1.807, 2.05) is 0 Å². The molecule has 20 heavy (non-hydrogen) atoms. The molecule has 0 radical (unpaired) electrons. The van der Waals surface area contributed by atoms with Gasteiger partial charge in [-0.05, 0) is 25.3 Å². The molecule has 0 aromatic carbocycles. The molecule has 0 saturated carbocycles. The molecule has 0 aromatic heterocycles. The van der Waals surface area contributed by atoms with Crippen molar-refractivity contribution in [2.45, 2.75) is 49.5 Å². The molecule has 120 valence electrons. The van der Waals surface area contributed by atoms with Crippen LogP contribution in [-0.4, -0.2) is 53.9 Å². The molecule has 0 amide bonds. The van der Waals surface area contributed by atoms with Gasteiger partial charge in [0.25, 0.3) is 0 Å². The summed E-state index contributed by atoms with van der Waals surface area (Å²) in [6, 6.07) is 0.900. The summed E-state index contributed by atoms with van der Waals surface area (Å²) in [5.41, 5.74) is 11.7. The minimum Gasteiger partial charge on any atom is -0.396 e. The van der Waals surface area contributed by atoms with Crippen LogP contribution in [0, 0.1) is 0 Å². The number of hydrogen-bond donors (Lipinski definition) is 3. The second-order valence-corrected chi connectivity index (χ2v) is 9.11. The Balaban J connectivity index is 3.26. The Kier molecular flexibility index (Phi) is 6.58. The average molecular weight is 305 g/mol. The van der Waals surface area contributed by atoms with Crippen LogP contribution in [-0.2, 0) is 13.6 Å². The van der Waals surface area contributed by atoms with Gasteiger partial charge in [-0.15, -0.1) is 0 Å². The van der Waals surface area contributed by atoms with E-state index in [-0.39, 0.29) is 0 Å². The van der Waals surface area contributed by atoms with E-state index in [1.165, 1.54) is 0 Å². The van der Waals surface area contributed by atoms with Crippen molar-refractivity contribution in [1.29, 1.82) is 0 Å². The molecular weight excluding hydrogens is 274 g/mol. The standard InChI is InChI=1S/C13H31N3O3Si/c1-5-7-13(17-2)12(15,16-10-9-14)8-6-11-20(13,18-3)19-4/h16H,5-11,14-15H2,1-4H3. The molecule has 0 aliphatic carbocycles. The van der Waals surface area contributed by atoms with Crippen LogP contribution < -0.4 is 16.8 Å². The molecule has 2 atom stereocenters. The van der Waals surface area contributed by atoms with E-state index in [2.05, 4.69) is 12.2 Å². The Morgan fingerprint density at radius 2 is 1.90 bits per heavy atom. The van der Waals surface area contributed by atoms with Crippen LogP contribution in [0.4, 0.5) is 0 Å². The van der Waals surface area contributed by atoms with E-state index in [1.54, 1.807) is 21.3 Å². The van der Waals surface area contributed by atoms with Crippen LogP contribution in [0.5, 0.6) is 0 Å². The Labute approximate surface area is 123 Å². The molecule has 0 aromatic rings. The lowest BCUT2D eigenvalue weighted by Gasteiger charge is -2.57. The highest BCUT2D eigenvalue weighted by Crippen LogP contribution is 2.46. The highest BCUT2D eigenvalue weighted by molar-refractivity contribution is 6.71. The highest BCUT2D eigenvalue weighted by Gasteiger charge is 2.68. The maximum atomic E-state index is 6.73. The zero-order chi connectivity index (χ0) is 15.3. The average Bonchev–Trinajstić information content (AvgIpc) is 2.47. The normalized spacial score (nSPS) is 33.3. The maximum absolute atomic E-state index is 6.73. The molecular formula is C13H31N3O3Si. The van der Waals surface area contributed by atoms with Gasteiger partial charge >= 0.3 is 8.56 Å². The molecule has 2 unspecified atom stereocenters. The van der Waals surface area contributed by atoms with E-state index in [9.17, 15) is 0 Å². The van der Waals surface area contributed by atoms with Gasteiger partial charge in [-0.1, -0.05) is 13.3 Å². The van der Waals surface area contributed by atoms with Crippen molar-refractivity contribution in [3.05, 3.63) is 0 Å². The lowest BCUT2D eigenvalue weighted by molar-refractivity contribution is -0.0786. The fraction of sp³-hybridized carbons (Fsp3) is 1.00. The second-order valence-electron chi connectivity index (χ2n) is 5.48. The first-order chi connectivity index (χ1) is 9.51. The SMILES string of the molecule is CCCC1(OC)C(N)(NCCN)CCC[Si]1(OC)OC. The molecule has 0 bridgehead atoms. The maximum Gasteiger partial charge on any atom is 0.374 e. The Morgan fingerprint density at radius 3 is 2.35 bits per heavy atom. The van der Waals surface area contributed by atoms with E-state index >= 15 is 0 Å². The van der Waals surface area contributed by atoms with Crippen LogP contribution in [0.1, 0.15) is 32.6 Å². The van der Waals surface area contributed by atoms with Crippen molar-refractivity contribution in [1.82, 2.24) is 5.32 Å². The molecule has 5 N–H and O–H groups in total. The molecule has 0 spiro atoms. The zero-order valence-corrected chi connectivity index (χ0v) is 14.3. The predicted molar refractivity (Wildman–Crippen MR) is 82.4 cm³/mol. The third-order valence-corrected chi connectivity index (χ3v) is 9.07. The topological polar surface area (TPSA) is 91.8 Å². The van der Waals surface area contributed by atoms with E-state index in [4.69, 9.17) is 25.1 Å². The molecule has 7 heteroatoms. The van der Waals surface area contributed by atoms with Gasteiger partial charge in [-0.2, -0.15) is 0 Å². The summed E-state index contributed by atoms with van der Waals surface area (Å²) in [4.78, 5) is 0. The van der Waals surface area contributed by atoms with Crippen LogP contribution in [0.15, 0.2) is 0 Å². The minimum absolute atomic E-state index is 0.541. The molecule has 1 fully saturated rings. The molecule has 1 rings (SSSR count). The largest absolute Gasteiger partial charge is 0.396 e. The number of hydrogen-bond acceptors (Lipinski definition) is 6. The van der Waals surface area contributed by atoms with Crippen molar-refractivity contribution in [2.24, 2.45) is 11.5 Å². The third-order valence-electron chi connectivity index (χ3n) is 4.61. The van der Waals surface area contributed by atoms with E-state index in [0.717, 1.165) is 31.7 Å². The smallest absolute Gasteiger partial charge is 0.374 e. The van der Waals surface area contributed by atoms with Gasteiger partial charge in [0.05, 0.1) is 5.66 Å². The third kappa shape index (κ3) is 2.68. The van der Waals surface area contributed by atoms with Crippen molar-refractivity contribution >= 4 is 8.56 Å². The first-order valence-corrected chi connectivity index (χ1v) is 9.43. The first kappa shape index (κ1) is 18.0. The summed E-state index contributed by atoms with van der Waals surface area (Å²) in [6.45, 7) is 3.33. The molecule has 6 nitrogen and oxygen atoms in total. The highest BCUT2D eigenvalue weighted by atomic mass is 28.4. The van der Waals surface area contributed by atoms with Crippen LogP contribution in [0.2, 0.25) is 6.04 Å². The monoisotopic (exact) mass is 305 g/mol. The van der Waals surface area contributed by atoms with Gasteiger partial charge in [0.2, 0.25) is 0 Å². The lowest BCUT2D eigenvalue weighted by atomic mass is 9.92. The summed E-state index contributed by atoms with van der Waals surface area (Å²) in [6.07, 6.45) is 3.57. The minimum atomic E-state index is -2.57. The molecule has 1 aliphatic rings. The number of nitrogens with two attached hydrogens (primary N) is 2. The van der Waals surface area contributed by atoms with Gasteiger partial charge < -0.3 is 25.1 Å². The fourth-order valence-corrected chi connectivity index (χ4v) is 7.81. The lowest BCUT2D eigenvalue weighted by Crippen LogP contribution is -2.83. The van der Waals surface area contributed by atoms with Crippen LogP contribution >= 0.6 is 0 Å². The quantitative estimate of drug-likeness (QED) is 0.445. The molecule has 1 heterocycles. The van der Waals surface area contributed by atoms with Gasteiger partial charge in [0.15, 0.2) is 0 Å². The fourth-order valence-electron chi connectivity index (χ4n) is 3.69. The summed E-state index contributed by atoms with van der Waals surface area (Å²) < 4.78 is 17.8. The Morgan fingerprint density at radius 1 is 1.25 bits per heavy atom. The van der Waals surface area contributed by atoms with Gasteiger partial charge in [0.1, 0.15) is 5.22 Å². The van der Waals surface area contributed by atoms with Crippen molar-refractivity contribution in [3.63, 3.8) is 0 Å². The predicted octanol–water partition coefficient (Wildman–Crippen LogP) is 0.443. The molecule has 1 aliphatic heterocycles. The van der Waals surface area contributed by atoms with Crippen LogP contribution in [0.25, 0.3) is 0 Å². The van der Waals surface area contributed by atoms with Crippen molar-refractivity contribution < 1.29 is 13.6 Å². The summed E-state index contributed by atoms with van der Waals surface area (Å²) in [5, 5.41) is 2.79. The first-order valence-electron chi connectivity index (χ1n) is 7.41. The van der Waals surface area contributed by atoms with Gasteiger partial charge in [0, 0.05) is 34.4 Å². The summed E-state index contributed by atoms with van der Waals surface area (Å²) in [5.74, 6) is 0. The Bertz CT molecular complexity index is 305. The van der Waals surface area contributed by atoms with Crippen molar-refractivity contribution in [2.75, 3.05) is 34.4 Å². The number of methoxy groups -OCH3 is 1. The van der Waals surface area contributed by atoms with Crippen LogP contribution in [0.3, 0.4) is 0 Å². The second kappa shape index (κ2) is 7.30.